The summed E-state index contributed by atoms with van der Waals surface area (Å²) in [5.74, 6) is -0.160. The Bertz CT molecular complexity index is 639. The molecule has 0 aliphatic heterocycles. The van der Waals surface area contributed by atoms with Gasteiger partial charge in [0.2, 0.25) is 5.91 Å². The summed E-state index contributed by atoms with van der Waals surface area (Å²) in [6, 6.07) is 17.0. The van der Waals surface area contributed by atoms with Gasteiger partial charge in [0.1, 0.15) is 0 Å². The van der Waals surface area contributed by atoms with E-state index in [4.69, 9.17) is 0 Å². The molecule has 0 saturated carbocycles. The second kappa shape index (κ2) is 7.98. The number of amides is 2. The number of nitrogens with one attached hydrogen (secondary N) is 2. The number of hydrogen-bond acceptors (Lipinski definition) is 2. The van der Waals surface area contributed by atoms with Gasteiger partial charge in [-0.05, 0) is 24.1 Å². The molecule has 0 aliphatic carbocycles. The zero-order chi connectivity index (χ0) is 15.8. The number of carbonyl (C=O) groups is 2. The third-order valence-electron chi connectivity index (χ3n) is 3.33. The molecule has 0 fully saturated rings. The molecule has 22 heavy (non-hydrogen) atoms. The lowest BCUT2D eigenvalue weighted by atomic mass is 10.1. The molecule has 2 aromatic carbocycles. The van der Waals surface area contributed by atoms with Crippen molar-refractivity contribution >= 4 is 11.8 Å². The van der Waals surface area contributed by atoms with Crippen LogP contribution >= 0.6 is 0 Å². The van der Waals surface area contributed by atoms with Gasteiger partial charge in [-0.1, -0.05) is 48.5 Å². The van der Waals surface area contributed by atoms with Gasteiger partial charge >= 0.3 is 0 Å². The summed E-state index contributed by atoms with van der Waals surface area (Å²) in [6.07, 6.45) is 0.354. The van der Waals surface area contributed by atoms with Gasteiger partial charge in [-0.2, -0.15) is 0 Å². The van der Waals surface area contributed by atoms with Crippen LogP contribution < -0.4 is 10.6 Å². The lowest BCUT2D eigenvalue weighted by molar-refractivity contribution is -0.120. The van der Waals surface area contributed by atoms with Crippen molar-refractivity contribution in [2.45, 2.75) is 13.3 Å². The van der Waals surface area contributed by atoms with Gasteiger partial charge in [-0.15, -0.1) is 0 Å². The van der Waals surface area contributed by atoms with Gasteiger partial charge in [-0.25, -0.2) is 0 Å². The Labute approximate surface area is 130 Å². The van der Waals surface area contributed by atoms with Gasteiger partial charge in [-0.3, -0.25) is 9.59 Å². The van der Waals surface area contributed by atoms with Crippen molar-refractivity contribution in [1.29, 1.82) is 0 Å². The molecule has 0 radical (unpaired) electrons. The van der Waals surface area contributed by atoms with Crippen LogP contribution in [-0.4, -0.2) is 24.9 Å². The van der Waals surface area contributed by atoms with Crippen LogP contribution in [0.1, 0.15) is 21.5 Å². The predicted octanol–water partition coefficient (Wildman–Crippen LogP) is 2.08. The Hall–Kier alpha value is -2.62. The van der Waals surface area contributed by atoms with Gasteiger partial charge < -0.3 is 10.6 Å². The molecule has 0 heterocycles. The van der Waals surface area contributed by atoms with Crippen LogP contribution in [0.5, 0.6) is 0 Å². The van der Waals surface area contributed by atoms with Crippen LogP contribution in [0.25, 0.3) is 0 Å². The number of carbonyl (C=O) groups excluding carboxylic acids is 2. The topological polar surface area (TPSA) is 58.2 Å². The molecule has 0 spiro atoms. The van der Waals surface area contributed by atoms with Crippen LogP contribution in [0.2, 0.25) is 0 Å². The number of aryl methyl sites for hydroxylation is 1. The molecule has 0 aliphatic rings. The maximum absolute atomic E-state index is 12.0. The summed E-state index contributed by atoms with van der Waals surface area (Å²) < 4.78 is 0. The van der Waals surface area contributed by atoms with E-state index in [1.54, 1.807) is 6.07 Å². The summed E-state index contributed by atoms with van der Waals surface area (Å²) in [5, 5.41) is 5.60. The minimum absolute atomic E-state index is 0.0451. The Morgan fingerprint density at radius 2 is 1.50 bits per heavy atom. The number of benzene rings is 2. The van der Waals surface area contributed by atoms with Crippen molar-refractivity contribution < 1.29 is 9.59 Å². The second-order valence-electron chi connectivity index (χ2n) is 5.08. The molecule has 2 aromatic rings. The molecule has 2 N–H and O–H groups in total. The van der Waals surface area contributed by atoms with Crippen molar-refractivity contribution in [2.24, 2.45) is 0 Å². The molecule has 4 heteroatoms. The van der Waals surface area contributed by atoms with Gasteiger partial charge in [0.15, 0.2) is 0 Å². The first kappa shape index (κ1) is 15.8. The van der Waals surface area contributed by atoms with E-state index in [2.05, 4.69) is 10.6 Å². The van der Waals surface area contributed by atoms with Crippen molar-refractivity contribution in [3.05, 3.63) is 71.3 Å². The third kappa shape index (κ3) is 4.74. The Morgan fingerprint density at radius 1 is 0.864 bits per heavy atom. The molecule has 0 saturated heterocycles. The normalized spacial score (nSPS) is 10.0. The first-order chi connectivity index (χ1) is 10.7. The van der Waals surface area contributed by atoms with Crippen LogP contribution in [-0.2, 0) is 11.2 Å². The van der Waals surface area contributed by atoms with Crippen molar-refractivity contribution in [3.8, 4) is 0 Å². The maximum atomic E-state index is 12.0. The fraction of sp³-hybridized carbons (Fsp3) is 0.222. The molecule has 4 nitrogen and oxygen atoms in total. The largest absolute Gasteiger partial charge is 0.354 e. The first-order valence-corrected chi connectivity index (χ1v) is 7.31. The summed E-state index contributed by atoms with van der Waals surface area (Å²) in [4.78, 5) is 23.7. The van der Waals surface area contributed by atoms with Crippen molar-refractivity contribution in [2.75, 3.05) is 13.1 Å². The van der Waals surface area contributed by atoms with E-state index in [0.717, 1.165) is 11.1 Å². The van der Waals surface area contributed by atoms with Crippen LogP contribution in [0.3, 0.4) is 0 Å². The van der Waals surface area contributed by atoms with Gasteiger partial charge in [0, 0.05) is 18.7 Å². The quantitative estimate of drug-likeness (QED) is 0.802. The smallest absolute Gasteiger partial charge is 0.251 e. The average Bonchev–Trinajstić information content (AvgIpc) is 2.53. The molecule has 2 rings (SSSR count). The lowest BCUT2D eigenvalue weighted by Crippen LogP contribution is -2.35. The van der Waals surface area contributed by atoms with Gasteiger partial charge in [0.25, 0.3) is 5.91 Å². The first-order valence-electron chi connectivity index (χ1n) is 7.31. The molecule has 0 aromatic heterocycles. The van der Waals surface area contributed by atoms with E-state index < -0.39 is 0 Å². The zero-order valence-corrected chi connectivity index (χ0v) is 12.6. The van der Waals surface area contributed by atoms with E-state index >= 15 is 0 Å². The fourth-order valence-corrected chi connectivity index (χ4v) is 2.14. The highest BCUT2D eigenvalue weighted by Crippen LogP contribution is 2.06. The zero-order valence-electron chi connectivity index (χ0n) is 12.6. The summed E-state index contributed by atoms with van der Waals surface area (Å²) in [5.41, 5.74) is 2.58. The lowest BCUT2D eigenvalue weighted by Gasteiger charge is -2.08. The number of rotatable bonds is 6. The number of hydrogen-bond donors (Lipinski definition) is 2. The van der Waals surface area contributed by atoms with E-state index in [1.165, 1.54) is 0 Å². The molecule has 0 bridgehead atoms. The Kier molecular flexibility index (Phi) is 5.72. The maximum Gasteiger partial charge on any atom is 0.251 e. The van der Waals surface area contributed by atoms with E-state index in [9.17, 15) is 9.59 Å². The molecular formula is C18H20N2O2. The van der Waals surface area contributed by atoms with E-state index in [-0.39, 0.29) is 11.8 Å². The standard InChI is InChI=1S/C18H20N2O2/c1-14-7-5-6-10-16(14)18(22)20-12-11-19-17(21)13-15-8-3-2-4-9-15/h2-10H,11-13H2,1H3,(H,19,21)(H,20,22). The average molecular weight is 296 g/mol. The van der Waals surface area contributed by atoms with E-state index in [0.29, 0.717) is 25.1 Å². The minimum atomic E-state index is -0.115. The Morgan fingerprint density at radius 3 is 2.23 bits per heavy atom. The second-order valence-corrected chi connectivity index (χ2v) is 5.08. The highest BCUT2D eigenvalue weighted by atomic mass is 16.2. The Balaban J connectivity index is 1.70. The SMILES string of the molecule is Cc1ccccc1C(=O)NCCNC(=O)Cc1ccccc1. The highest BCUT2D eigenvalue weighted by molar-refractivity contribution is 5.95. The van der Waals surface area contributed by atoms with Gasteiger partial charge in [0.05, 0.1) is 6.42 Å². The monoisotopic (exact) mass is 296 g/mol. The van der Waals surface area contributed by atoms with Crippen LogP contribution in [0.15, 0.2) is 54.6 Å². The highest BCUT2D eigenvalue weighted by Gasteiger charge is 2.07. The van der Waals surface area contributed by atoms with E-state index in [1.807, 2.05) is 55.5 Å². The fourth-order valence-electron chi connectivity index (χ4n) is 2.14. The third-order valence-corrected chi connectivity index (χ3v) is 3.33. The minimum Gasteiger partial charge on any atom is -0.354 e. The molecule has 114 valence electrons. The van der Waals surface area contributed by atoms with Crippen LogP contribution in [0, 0.1) is 6.92 Å². The molecule has 0 unspecified atom stereocenters. The molecular weight excluding hydrogens is 276 g/mol. The molecule has 0 atom stereocenters. The summed E-state index contributed by atoms with van der Waals surface area (Å²) in [7, 11) is 0. The van der Waals surface area contributed by atoms with Crippen molar-refractivity contribution in [1.82, 2.24) is 10.6 Å². The van der Waals surface area contributed by atoms with Crippen LogP contribution in [0.4, 0.5) is 0 Å². The van der Waals surface area contributed by atoms with Crippen molar-refractivity contribution in [3.63, 3.8) is 0 Å². The summed E-state index contributed by atoms with van der Waals surface area (Å²) >= 11 is 0. The summed E-state index contributed by atoms with van der Waals surface area (Å²) in [6.45, 7) is 2.73. The predicted molar refractivity (Wildman–Crippen MR) is 86.7 cm³/mol. The molecule has 2 amide bonds.